The van der Waals surface area contributed by atoms with Crippen molar-refractivity contribution in [3.8, 4) is 0 Å². The molecule has 0 bridgehead atoms. The minimum absolute atomic E-state index is 0.0556. The van der Waals surface area contributed by atoms with Gasteiger partial charge in [0.15, 0.2) is 0 Å². The Balaban J connectivity index is 3.29. The second-order valence-electron chi connectivity index (χ2n) is 6.44. The van der Waals surface area contributed by atoms with Crippen LogP contribution in [-0.4, -0.2) is 117 Å². The number of aliphatic hydroxyl groups is 1. The van der Waals surface area contributed by atoms with E-state index in [9.17, 15) is 13.9 Å². The van der Waals surface area contributed by atoms with Crippen molar-refractivity contribution in [2.75, 3.05) is 86.9 Å². The average molecular weight is 674 g/mol. The molecule has 0 spiro atoms. The molecule has 0 radical (unpaired) electrons. The van der Waals surface area contributed by atoms with Crippen LogP contribution in [0, 0.1) is 0 Å². The van der Waals surface area contributed by atoms with Crippen LogP contribution in [0.2, 0.25) is 0 Å². The van der Waals surface area contributed by atoms with Crippen LogP contribution < -0.4 is 5.32 Å². The molecule has 0 aliphatic rings. The molecule has 2 unspecified atom stereocenters. The van der Waals surface area contributed by atoms with Crippen molar-refractivity contribution < 1.29 is 19.0 Å². The van der Waals surface area contributed by atoms with Crippen LogP contribution in [0.1, 0.15) is 13.3 Å². The van der Waals surface area contributed by atoms with E-state index >= 15 is 0 Å². The van der Waals surface area contributed by atoms with Crippen LogP contribution in [0.5, 0.6) is 0 Å². The van der Waals surface area contributed by atoms with E-state index in [-0.39, 0.29) is 11.8 Å². The summed E-state index contributed by atoms with van der Waals surface area (Å²) in [6.07, 6.45) is 0.548. The zero-order chi connectivity index (χ0) is 26.5. The van der Waals surface area contributed by atoms with E-state index < -0.39 is 22.4 Å². The van der Waals surface area contributed by atoms with Gasteiger partial charge < -0.3 is 19.5 Å². The minimum atomic E-state index is -1.06. The van der Waals surface area contributed by atoms with Crippen LogP contribution in [0.4, 0.5) is 4.79 Å². The van der Waals surface area contributed by atoms with E-state index in [4.69, 9.17) is 5.11 Å². The summed E-state index contributed by atoms with van der Waals surface area (Å²) in [5.41, 5.74) is 3.04. The maximum absolute atomic E-state index is 11.9. The van der Waals surface area contributed by atoms with Crippen LogP contribution >= 0.6 is 82.3 Å². The molecule has 212 valence electrons. The second kappa shape index (κ2) is 31.4. The van der Waals surface area contributed by atoms with Gasteiger partial charge in [0.1, 0.15) is 11.5 Å². The molecule has 36 heavy (non-hydrogen) atoms. The average Bonchev–Trinajstić information content (AvgIpc) is 2.87. The number of amides is 1. The second-order valence-corrected chi connectivity index (χ2v) is 18.1. The van der Waals surface area contributed by atoms with Gasteiger partial charge in [-0.3, -0.25) is 4.79 Å². The minimum Gasteiger partial charge on any atom is -0.611 e. The first kappa shape index (κ1) is 37.8. The molecule has 7 nitrogen and oxygen atoms in total. The third-order valence-corrected chi connectivity index (χ3v) is 14.2. The Kier molecular flexibility index (Phi) is 33.0. The number of thioether (sulfide) groups is 7. The largest absolute Gasteiger partial charge is 0.611 e. The fourth-order valence-electron chi connectivity index (χ4n) is 1.87. The van der Waals surface area contributed by atoms with Crippen LogP contribution in [0.15, 0.2) is 9.98 Å². The molecule has 0 fully saturated rings. The molecule has 2 N–H and O–H groups in total. The van der Waals surface area contributed by atoms with E-state index in [0.717, 1.165) is 49.1 Å². The smallest absolute Gasteiger partial charge is 0.279 e. The Morgan fingerprint density at radius 1 is 0.833 bits per heavy atom. The maximum Gasteiger partial charge on any atom is 0.279 e. The highest BCUT2D eigenvalue weighted by Crippen LogP contribution is 2.19. The van der Waals surface area contributed by atoms with Crippen molar-refractivity contribution in [1.29, 1.82) is 0 Å². The molecule has 16 heteroatoms. The van der Waals surface area contributed by atoms with Gasteiger partial charge in [-0.2, -0.15) is 11.8 Å². The van der Waals surface area contributed by atoms with Crippen molar-refractivity contribution in [1.82, 2.24) is 5.32 Å². The number of hydrogen-bond acceptors (Lipinski definition) is 13. The number of carbonyl (C=O) groups is 1. The fourth-order valence-corrected chi connectivity index (χ4v) is 11.4. The van der Waals surface area contributed by atoms with E-state index in [2.05, 4.69) is 15.3 Å². The monoisotopic (exact) mass is 673 g/mol. The van der Waals surface area contributed by atoms with Gasteiger partial charge in [0.2, 0.25) is 11.1 Å². The van der Waals surface area contributed by atoms with Crippen LogP contribution in [0.3, 0.4) is 0 Å². The van der Waals surface area contributed by atoms with Gasteiger partial charge in [-0.05, 0) is 29.3 Å². The Hall–Kier alpha value is 1.84. The summed E-state index contributed by atoms with van der Waals surface area (Å²) >= 11 is 10.4. The Morgan fingerprint density at radius 2 is 1.44 bits per heavy atom. The number of rotatable bonds is 26. The molecule has 0 aliphatic carbocycles. The summed E-state index contributed by atoms with van der Waals surface area (Å²) in [7, 11) is 0. The predicted molar refractivity (Wildman–Crippen MR) is 180 cm³/mol. The molecule has 0 heterocycles. The standard InChI is InChI=1S/C20H39N3O4S9/c1-2-21-14-36(27)13-11-31-19-33-18-30-9-10-34-20(25)23-5-8-29-17-32-16-28-7-4-22-15-35(26)12-3-6-24/h14-15,24H,2-13,16-19H2,1H3,(H,23,25)/b21-14+,22-15+. The van der Waals surface area contributed by atoms with E-state index in [1.165, 1.54) is 17.3 Å². The maximum atomic E-state index is 11.9. The van der Waals surface area contributed by atoms with Crippen LogP contribution in [0.25, 0.3) is 0 Å². The molecular weight excluding hydrogens is 635 g/mol. The topological polar surface area (TPSA) is 120 Å². The number of aliphatic imine (C=N–C) groups is 2. The predicted octanol–water partition coefficient (Wildman–Crippen LogP) is 4.61. The zero-order valence-electron chi connectivity index (χ0n) is 20.7. The fraction of sp³-hybridized carbons (Fsp3) is 0.850. The molecule has 0 saturated carbocycles. The quantitative estimate of drug-likeness (QED) is 0.0440. The Morgan fingerprint density at radius 3 is 2.14 bits per heavy atom. The van der Waals surface area contributed by atoms with Gasteiger partial charge in [-0.25, -0.2) is 9.98 Å². The molecule has 0 aliphatic heterocycles. The molecular formula is C20H39N3O4S9. The number of aliphatic hydroxyl groups excluding tert-OH is 1. The van der Waals surface area contributed by atoms with Gasteiger partial charge in [0.05, 0.1) is 6.54 Å². The lowest BCUT2D eigenvalue weighted by Gasteiger charge is -2.06. The lowest BCUT2D eigenvalue weighted by molar-refractivity contribution is 0.261. The lowest BCUT2D eigenvalue weighted by atomic mass is 10.5. The van der Waals surface area contributed by atoms with Gasteiger partial charge in [-0.1, -0.05) is 11.8 Å². The summed E-state index contributed by atoms with van der Waals surface area (Å²) in [5, 5.41) is 15.7. The Labute approximate surface area is 253 Å². The zero-order valence-corrected chi connectivity index (χ0v) is 28.1. The number of hydrogen-bond donors (Lipinski definition) is 2. The van der Waals surface area contributed by atoms with Crippen LogP contribution in [-0.2, 0) is 22.4 Å². The van der Waals surface area contributed by atoms with Gasteiger partial charge in [-0.15, -0.1) is 58.8 Å². The summed E-state index contributed by atoms with van der Waals surface area (Å²) in [6.45, 7) is 4.05. The number of nitrogens with one attached hydrogen (secondary N) is 1. The molecule has 0 aromatic heterocycles. The number of nitrogens with zero attached hydrogens (tertiary/aromatic N) is 2. The SMILES string of the molecule is CC/N=C/[S+]([O-])CCSCSCSCCSC(=O)NCCSCSCSCC/N=C/[S+]([O-])CCCO. The number of carbonyl (C=O) groups excluding carboxylic acids is 1. The van der Waals surface area contributed by atoms with Gasteiger partial charge in [0, 0.05) is 75.2 Å². The third-order valence-electron chi connectivity index (χ3n) is 3.51. The van der Waals surface area contributed by atoms with Crippen molar-refractivity contribution >= 4 is 121 Å². The van der Waals surface area contributed by atoms with E-state index in [1.54, 1.807) is 5.55 Å². The molecule has 0 aromatic rings. The van der Waals surface area contributed by atoms with E-state index in [1.807, 2.05) is 77.5 Å². The highest BCUT2D eigenvalue weighted by molar-refractivity contribution is 8.23. The lowest BCUT2D eigenvalue weighted by Crippen LogP contribution is -2.22. The summed E-state index contributed by atoms with van der Waals surface area (Å²) in [6, 6.07) is 0. The highest BCUT2D eigenvalue weighted by atomic mass is 32.2. The summed E-state index contributed by atoms with van der Waals surface area (Å²) in [4.78, 5) is 20.0. The third kappa shape index (κ3) is 30.4. The summed E-state index contributed by atoms with van der Waals surface area (Å²) in [5.74, 6) is 5.63. The molecule has 0 saturated heterocycles. The molecule has 0 aromatic carbocycles. The van der Waals surface area contributed by atoms with Crippen molar-refractivity contribution in [2.24, 2.45) is 9.98 Å². The normalized spacial score (nSPS) is 13.6. The first-order valence-electron chi connectivity index (χ1n) is 11.3. The van der Waals surface area contributed by atoms with Crippen molar-refractivity contribution in [2.45, 2.75) is 13.3 Å². The molecule has 2 atom stereocenters. The molecule has 0 rings (SSSR count). The summed E-state index contributed by atoms with van der Waals surface area (Å²) < 4.78 is 23.0. The Bertz CT molecular complexity index is 555. The first-order valence-corrected chi connectivity index (χ1v) is 22.0. The first-order chi connectivity index (χ1) is 17.6. The highest BCUT2D eigenvalue weighted by Gasteiger charge is 2.04. The van der Waals surface area contributed by atoms with E-state index in [0.29, 0.717) is 37.6 Å². The van der Waals surface area contributed by atoms with Gasteiger partial charge in [0.25, 0.3) is 5.24 Å². The van der Waals surface area contributed by atoms with Crippen molar-refractivity contribution in [3.05, 3.63) is 0 Å². The molecule has 1 amide bonds. The van der Waals surface area contributed by atoms with Gasteiger partial charge >= 0.3 is 0 Å². The van der Waals surface area contributed by atoms with Crippen molar-refractivity contribution in [3.63, 3.8) is 0 Å².